The predicted octanol–water partition coefficient (Wildman–Crippen LogP) is 5.28. The van der Waals surface area contributed by atoms with Crippen LogP contribution in [0.2, 0.25) is 5.02 Å². The summed E-state index contributed by atoms with van der Waals surface area (Å²) in [5.74, 6) is 1.30. The van der Waals surface area contributed by atoms with E-state index in [4.69, 9.17) is 21.1 Å². The number of phenols is 1. The Kier molecular flexibility index (Phi) is 5.71. The van der Waals surface area contributed by atoms with Gasteiger partial charge in [0, 0.05) is 21.3 Å². The van der Waals surface area contributed by atoms with Crippen molar-refractivity contribution in [1.29, 1.82) is 0 Å². The number of benzene rings is 2. The van der Waals surface area contributed by atoms with Crippen LogP contribution < -0.4 is 14.8 Å². The largest absolute Gasteiger partial charge is 0.503 e. The van der Waals surface area contributed by atoms with Crippen LogP contribution >= 0.6 is 39.3 Å². The molecular weight excluding hydrogens is 480 g/mol. The minimum absolute atomic E-state index is 0.123. The lowest BCUT2D eigenvalue weighted by Gasteiger charge is -2.20. The van der Waals surface area contributed by atoms with E-state index < -0.39 is 6.23 Å². The molecule has 0 saturated carbocycles. The van der Waals surface area contributed by atoms with Crippen LogP contribution in [0.1, 0.15) is 18.7 Å². The average Bonchev–Trinajstić information content (AvgIpc) is 2.86. The summed E-state index contributed by atoms with van der Waals surface area (Å²) in [6.07, 6.45) is -0.639. The molecule has 0 amide bonds. The van der Waals surface area contributed by atoms with Gasteiger partial charge in [0.15, 0.2) is 23.4 Å². The summed E-state index contributed by atoms with van der Waals surface area (Å²) < 4.78 is 12.3. The maximum Gasteiger partial charge on any atom is 0.247 e. The summed E-state index contributed by atoms with van der Waals surface area (Å²) in [5, 5.41) is 22.7. The Morgan fingerprint density at radius 2 is 2.14 bits per heavy atom. The third-order valence-corrected chi connectivity index (χ3v) is 5.74. The number of thioether (sulfide) groups is 1. The molecule has 29 heavy (non-hydrogen) atoms. The Balaban J connectivity index is 1.86. The fourth-order valence-corrected chi connectivity index (χ4v) is 4.00. The topological polar surface area (TPSA) is 89.4 Å². The molecule has 0 radical (unpaired) electrons. The number of aromatic hydroxyl groups is 1. The number of rotatable bonds is 4. The highest BCUT2D eigenvalue weighted by Crippen LogP contribution is 2.43. The van der Waals surface area contributed by atoms with Gasteiger partial charge < -0.3 is 19.9 Å². The third kappa shape index (κ3) is 3.94. The van der Waals surface area contributed by atoms with Crippen LogP contribution in [0.15, 0.2) is 40.0 Å². The van der Waals surface area contributed by atoms with Gasteiger partial charge in [-0.05, 0) is 36.1 Å². The Morgan fingerprint density at radius 3 is 2.90 bits per heavy atom. The molecule has 0 fully saturated rings. The summed E-state index contributed by atoms with van der Waals surface area (Å²) in [6, 6.07) is 9.05. The van der Waals surface area contributed by atoms with Crippen LogP contribution in [-0.4, -0.2) is 33.2 Å². The van der Waals surface area contributed by atoms with E-state index in [1.54, 1.807) is 12.1 Å². The van der Waals surface area contributed by atoms with Crippen molar-refractivity contribution < 1.29 is 14.6 Å². The van der Waals surface area contributed by atoms with E-state index in [1.165, 1.54) is 18.9 Å². The number of aromatic nitrogens is 3. The van der Waals surface area contributed by atoms with Gasteiger partial charge in [0.2, 0.25) is 11.0 Å². The molecule has 0 unspecified atom stereocenters. The molecule has 2 heterocycles. The zero-order valence-corrected chi connectivity index (χ0v) is 18.6. The first-order chi connectivity index (χ1) is 14.0. The minimum atomic E-state index is -0.639. The van der Waals surface area contributed by atoms with Crippen LogP contribution in [0.4, 0.5) is 5.69 Å². The molecule has 3 aromatic rings. The van der Waals surface area contributed by atoms with Crippen LogP contribution in [0, 0.1) is 0 Å². The van der Waals surface area contributed by atoms with Crippen molar-refractivity contribution in [2.45, 2.75) is 18.3 Å². The SMILES string of the molecule is CCSc1nnc2c(n1)O[C@@H](c1cc(Cl)c(O)c(OC)c1)Nc1ccc(Br)cc1-2. The maximum atomic E-state index is 10.1. The highest BCUT2D eigenvalue weighted by atomic mass is 79.9. The molecule has 2 N–H and O–H groups in total. The van der Waals surface area contributed by atoms with Crippen molar-refractivity contribution in [3.8, 4) is 28.6 Å². The molecule has 0 spiro atoms. The summed E-state index contributed by atoms with van der Waals surface area (Å²) in [6.45, 7) is 2.02. The van der Waals surface area contributed by atoms with E-state index in [0.29, 0.717) is 22.3 Å². The van der Waals surface area contributed by atoms with Crippen molar-refractivity contribution in [2.75, 3.05) is 18.2 Å². The lowest BCUT2D eigenvalue weighted by atomic mass is 10.1. The number of nitrogens with zero attached hydrogens (tertiary/aromatic N) is 3. The van der Waals surface area contributed by atoms with Crippen molar-refractivity contribution >= 4 is 45.0 Å². The second-order valence-electron chi connectivity index (χ2n) is 6.07. The van der Waals surface area contributed by atoms with Gasteiger partial charge in [0.05, 0.1) is 12.1 Å². The van der Waals surface area contributed by atoms with Crippen LogP contribution in [0.5, 0.6) is 17.4 Å². The average molecular weight is 496 g/mol. The number of fused-ring (bicyclic) bond motifs is 3. The monoisotopic (exact) mass is 494 g/mol. The van der Waals surface area contributed by atoms with Gasteiger partial charge in [-0.2, -0.15) is 4.98 Å². The summed E-state index contributed by atoms with van der Waals surface area (Å²) >= 11 is 11.2. The van der Waals surface area contributed by atoms with Crippen molar-refractivity contribution in [3.63, 3.8) is 0 Å². The van der Waals surface area contributed by atoms with Gasteiger partial charge in [-0.3, -0.25) is 0 Å². The van der Waals surface area contributed by atoms with Gasteiger partial charge >= 0.3 is 0 Å². The number of nitrogens with one attached hydrogen (secondary N) is 1. The van der Waals surface area contributed by atoms with E-state index in [-0.39, 0.29) is 16.5 Å². The Bertz CT molecular complexity index is 1090. The van der Waals surface area contributed by atoms with Gasteiger partial charge in [0.25, 0.3) is 0 Å². The number of ether oxygens (including phenoxy) is 2. The highest BCUT2D eigenvalue weighted by Gasteiger charge is 2.27. The lowest BCUT2D eigenvalue weighted by Crippen LogP contribution is -2.17. The molecular formula is C19H16BrClN4O3S. The summed E-state index contributed by atoms with van der Waals surface area (Å²) in [5.41, 5.74) is 2.80. The molecule has 2 aromatic carbocycles. The number of anilines is 1. The second kappa shape index (κ2) is 8.25. The molecule has 0 bridgehead atoms. The van der Waals surface area contributed by atoms with E-state index in [2.05, 4.69) is 36.4 Å². The molecule has 150 valence electrons. The van der Waals surface area contributed by atoms with Gasteiger partial charge in [-0.15, -0.1) is 10.2 Å². The molecule has 7 nitrogen and oxygen atoms in total. The van der Waals surface area contributed by atoms with Gasteiger partial charge in [-0.1, -0.05) is 46.2 Å². The van der Waals surface area contributed by atoms with E-state index in [9.17, 15) is 5.11 Å². The molecule has 1 aliphatic heterocycles. The summed E-state index contributed by atoms with van der Waals surface area (Å²) in [7, 11) is 1.46. The maximum absolute atomic E-state index is 10.1. The number of hydrogen-bond acceptors (Lipinski definition) is 8. The third-order valence-electron chi connectivity index (χ3n) is 4.23. The number of halogens is 2. The van der Waals surface area contributed by atoms with Crippen LogP contribution in [0.3, 0.4) is 0 Å². The smallest absolute Gasteiger partial charge is 0.247 e. The minimum Gasteiger partial charge on any atom is -0.503 e. The molecule has 1 atom stereocenters. The molecule has 4 rings (SSSR count). The Labute approximate surface area is 184 Å². The predicted molar refractivity (Wildman–Crippen MR) is 116 cm³/mol. The van der Waals surface area contributed by atoms with Crippen molar-refractivity contribution in [2.24, 2.45) is 0 Å². The van der Waals surface area contributed by atoms with Crippen molar-refractivity contribution in [1.82, 2.24) is 15.2 Å². The van der Waals surface area contributed by atoms with Crippen LogP contribution in [0.25, 0.3) is 11.3 Å². The van der Waals surface area contributed by atoms with E-state index in [1.807, 2.05) is 25.1 Å². The first-order valence-electron chi connectivity index (χ1n) is 8.67. The molecule has 1 aliphatic rings. The Morgan fingerprint density at radius 1 is 1.31 bits per heavy atom. The van der Waals surface area contributed by atoms with Crippen molar-refractivity contribution in [3.05, 3.63) is 45.4 Å². The highest BCUT2D eigenvalue weighted by molar-refractivity contribution is 9.10. The molecule has 10 heteroatoms. The van der Waals surface area contributed by atoms with Crippen LogP contribution in [-0.2, 0) is 0 Å². The van der Waals surface area contributed by atoms with Gasteiger partial charge in [0.1, 0.15) is 0 Å². The normalized spacial score (nSPS) is 14.8. The summed E-state index contributed by atoms with van der Waals surface area (Å²) in [4.78, 5) is 4.55. The molecule has 1 aromatic heterocycles. The number of hydrogen-bond donors (Lipinski definition) is 2. The lowest BCUT2D eigenvalue weighted by molar-refractivity contribution is 0.224. The standard InChI is InChI=1S/C19H16BrClN4O3S/c1-3-29-19-23-18-15(24-25-19)11-8-10(20)4-5-13(11)22-17(28-18)9-6-12(21)16(26)14(7-9)27-2/h4-8,17,22,26H,3H2,1-2H3/t17-/m0/s1. The molecule has 0 saturated heterocycles. The molecule has 0 aliphatic carbocycles. The van der Waals surface area contributed by atoms with E-state index in [0.717, 1.165) is 21.5 Å². The quantitative estimate of drug-likeness (QED) is 0.472. The zero-order chi connectivity index (χ0) is 20.5. The van der Waals surface area contributed by atoms with Gasteiger partial charge in [-0.25, -0.2) is 0 Å². The number of phenolic OH excluding ortho intramolecular Hbond substituents is 1. The first kappa shape index (κ1) is 20.1. The number of methoxy groups -OCH3 is 1. The second-order valence-corrected chi connectivity index (χ2v) is 8.62. The fourth-order valence-electron chi connectivity index (χ4n) is 2.91. The first-order valence-corrected chi connectivity index (χ1v) is 10.8. The van der Waals surface area contributed by atoms with E-state index >= 15 is 0 Å². The fraction of sp³-hybridized carbons (Fsp3) is 0.211. The zero-order valence-electron chi connectivity index (χ0n) is 15.4. The Hall–Kier alpha value is -2.23.